The van der Waals surface area contributed by atoms with Crippen LogP contribution in [0.5, 0.6) is 0 Å². The number of benzene rings is 1. The fourth-order valence-electron chi connectivity index (χ4n) is 2.65. The van der Waals surface area contributed by atoms with Crippen LogP contribution in [-0.4, -0.2) is 33.9 Å². The van der Waals surface area contributed by atoms with Crippen molar-refractivity contribution < 1.29 is 9.00 Å². The Morgan fingerprint density at radius 2 is 2.00 bits per heavy atom. The average Bonchev–Trinajstić information content (AvgIpc) is 2.46. The van der Waals surface area contributed by atoms with Crippen molar-refractivity contribution in [1.29, 1.82) is 0 Å². The van der Waals surface area contributed by atoms with Gasteiger partial charge in [0.15, 0.2) is 0 Å². The van der Waals surface area contributed by atoms with Crippen LogP contribution >= 0.6 is 0 Å². The molecule has 2 atom stereocenters. The molecule has 4 heteroatoms. The number of piperidine rings is 1. The molecule has 1 fully saturated rings. The topological polar surface area (TPSA) is 37.4 Å². The minimum Gasteiger partial charge on any atom is -0.336 e. The van der Waals surface area contributed by atoms with E-state index in [0.29, 0.717) is 11.6 Å². The van der Waals surface area contributed by atoms with Crippen molar-refractivity contribution in [3.63, 3.8) is 0 Å². The Bertz CT molecular complexity index is 470. The first-order valence-electron chi connectivity index (χ1n) is 6.88. The lowest BCUT2D eigenvalue weighted by Crippen LogP contribution is -2.43. The van der Waals surface area contributed by atoms with Crippen LogP contribution in [-0.2, 0) is 10.8 Å². The number of carbonyl (C=O) groups is 1. The molecule has 19 heavy (non-hydrogen) atoms. The Morgan fingerprint density at radius 3 is 2.58 bits per heavy atom. The number of hydrogen-bond donors (Lipinski definition) is 0. The highest BCUT2D eigenvalue weighted by molar-refractivity contribution is 7.84. The third-order valence-electron chi connectivity index (χ3n) is 3.79. The molecular weight excluding hydrogens is 258 g/mol. The first-order chi connectivity index (χ1) is 9.13. The summed E-state index contributed by atoms with van der Waals surface area (Å²) in [5.41, 5.74) is 0.703. The Kier molecular flexibility index (Phi) is 4.75. The highest BCUT2D eigenvalue weighted by Gasteiger charge is 2.25. The predicted octanol–water partition coefficient (Wildman–Crippen LogP) is 2.83. The van der Waals surface area contributed by atoms with E-state index in [4.69, 9.17) is 0 Å². The first kappa shape index (κ1) is 14.3. The van der Waals surface area contributed by atoms with Crippen LogP contribution in [0.25, 0.3) is 0 Å². The molecule has 2 rings (SSSR count). The van der Waals surface area contributed by atoms with Crippen molar-refractivity contribution in [3.05, 3.63) is 29.8 Å². The Balaban J connectivity index is 2.16. The summed E-state index contributed by atoms with van der Waals surface area (Å²) < 4.78 is 11.3. The summed E-state index contributed by atoms with van der Waals surface area (Å²) in [7, 11) is -0.989. The Labute approximate surface area is 117 Å². The van der Waals surface area contributed by atoms with Gasteiger partial charge in [-0.3, -0.25) is 9.00 Å². The normalized spacial score (nSPS) is 21.2. The van der Waals surface area contributed by atoms with Crippen molar-refractivity contribution in [3.8, 4) is 0 Å². The summed E-state index contributed by atoms with van der Waals surface area (Å²) >= 11 is 0. The zero-order chi connectivity index (χ0) is 13.8. The van der Waals surface area contributed by atoms with Gasteiger partial charge in [0.25, 0.3) is 5.91 Å². The van der Waals surface area contributed by atoms with Crippen molar-refractivity contribution in [1.82, 2.24) is 4.90 Å². The minimum atomic E-state index is -0.989. The smallest absolute Gasteiger partial charge is 0.254 e. The van der Waals surface area contributed by atoms with Crippen molar-refractivity contribution in [2.24, 2.45) is 0 Å². The van der Waals surface area contributed by atoms with Gasteiger partial charge in [-0.2, -0.15) is 0 Å². The first-order valence-corrected chi connectivity index (χ1v) is 8.43. The van der Waals surface area contributed by atoms with E-state index < -0.39 is 10.8 Å². The summed E-state index contributed by atoms with van der Waals surface area (Å²) in [5.74, 6) is 0.111. The number of amides is 1. The Hall–Kier alpha value is -1.16. The lowest BCUT2D eigenvalue weighted by atomic mass is 9.99. The second-order valence-electron chi connectivity index (χ2n) is 5.03. The summed E-state index contributed by atoms with van der Waals surface area (Å²) in [6.07, 6.45) is 6.09. The van der Waals surface area contributed by atoms with Crippen LogP contribution in [0.4, 0.5) is 0 Å². The largest absolute Gasteiger partial charge is 0.336 e. The maximum Gasteiger partial charge on any atom is 0.254 e. The molecule has 104 valence electrons. The van der Waals surface area contributed by atoms with E-state index in [1.807, 2.05) is 4.90 Å². The molecule has 0 saturated carbocycles. The van der Waals surface area contributed by atoms with E-state index in [9.17, 15) is 9.00 Å². The molecule has 1 aliphatic heterocycles. The zero-order valence-corrected chi connectivity index (χ0v) is 12.4. The molecule has 1 aromatic rings. The summed E-state index contributed by atoms with van der Waals surface area (Å²) in [6.45, 7) is 3.00. The van der Waals surface area contributed by atoms with Gasteiger partial charge in [-0.25, -0.2) is 0 Å². The molecule has 1 heterocycles. The third-order valence-corrected chi connectivity index (χ3v) is 4.73. The molecule has 0 radical (unpaired) electrons. The summed E-state index contributed by atoms with van der Waals surface area (Å²) in [6, 6.07) is 7.53. The van der Waals surface area contributed by atoms with Crippen LogP contribution < -0.4 is 0 Å². The average molecular weight is 279 g/mol. The van der Waals surface area contributed by atoms with Gasteiger partial charge in [-0.15, -0.1) is 0 Å². The van der Waals surface area contributed by atoms with Gasteiger partial charge >= 0.3 is 0 Å². The molecule has 3 nitrogen and oxygen atoms in total. The molecule has 0 unspecified atom stereocenters. The van der Waals surface area contributed by atoms with Crippen LogP contribution in [0.3, 0.4) is 0 Å². The van der Waals surface area contributed by atoms with Gasteiger partial charge in [0.2, 0.25) is 0 Å². The van der Waals surface area contributed by atoms with Gasteiger partial charge in [-0.1, -0.05) is 6.92 Å². The van der Waals surface area contributed by atoms with Crippen LogP contribution in [0.2, 0.25) is 0 Å². The van der Waals surface area contributed by atoms with Crippen LogP contribution in [0, 0.1) is 0 Å². The fraction of sp³-hybridized carbons (Fsp3) is 0.533. The molecule has 1 saturated heterocycles. The van der Waals surface area contributed by atoms with Crippen molar-refractivity contribution in [2.75, 3.05) is 12.8 Å². The van der Waals surface area contributed by atoms with E-state index in [2.05, 4.69) is 6.92 Å². The lowest BCUT2D eigenvalue weighted by molar-refractivity contribution is 0.0608. The standard InChI is InChI=1S/C15H21NO2S/c1-3-13-6-4-5-11-16(13)15(17)12-7-9-14(10-8-12)19(2)18/h7-10,13H,3-6,11H2,1-2H3/t13-,19-/m1/s1. The summed E-state index contributed by atoms with van der Waals surface area (Å²) in [5, 5.41) is 0. The molecule has 0 N–H and O–H groups in total. The molecule has 0 aromatic heterocycles. The molecule has 1 amide bonds. The van der Waals surface area contributed by atoms with Gasteiger partial charge < -0.3 is 4.90 Å². The monoisotopic (exact) mass is 279 g/mol. The van der Waals surface area contributed by atoms with E-state index in [1.165, 1.54) is 6.42 Å². The molecule has 0 aliphatic carbocycles. The fourth-order valence-corrected chi connectivity index (χ4v) is 3.17. The van der Waals surface area contributed by atoms with E-state index in [0.717, 1.165) is 30.7 Å². The molecule has 0 spiro atoms. The van der Waals surface area contributed by atoms with Gasteiger partial charge in [0.05, 0.1) is 0 Å². The highest BCUT2D eigenvalue weighted by Crippen LogP contribution is 2.22. The number of hydrogen-bond acceptors (Lipinski definition) is 2. The zero-order valence-electron chi connectivity index (χ0n) is 11.6. The van der Waals surface area contributed by atoms with E-state index >= 15 is 0 Å². The van der Waals surface area contributed by atoms with Crippen molar-refractivity contribution in [2.45, 2.75) is 43.5 Å². The third kappa shape index (κ3) is 3.24. The van der Waals surface area contributed by atoms with Gasteiger partial charge in [0, 0.05) is 40.1 Å². The SMILES string of the molecule is CC[C@@H]1CCCCN1C(=O)c1ccc([S@@](C)=O)cc1. The maximum absolute atomic E-state index is 12.5. The number of rotatable bonds is 3. The van der Waals surface area contributed by atoms with Crippen molar-refractivity contribution >= 4 is 16.7 Å². The quantitative estimate of drug-likeness (QED) is 0.853. The molecule has 1 aliphatic rings. The minimum absolute atomic E-state index is 0.111. The number of nitrogens with zero attached hydrogens (tertiary/aromatic N) is 1. The maximum atomic E-state index is 12.5. The highest BCUT2D eigenvalue weighted by atomic mass is 32.2. The molecular formula is C15H21NO2S. The number of carbonyl (C=O) groups excluding carboxylic acids is 1. The number of likely N-dealkylation sites (tertiary alicyclic amines) is 1. The van der Waals surface area contributed by atoms with Gasteiger partial charge in [0.1, 0.15) is 0 Å². The van der Waals surface area contributed by atoms with Gasteiger partial charge in [-0.05, 0) is 49.9 Å². The molecule has 0 bridgehead atoms. The Morgan fingerprint density at radius 1 is 1.32 bits per heavy atom. The van der Waals surface area contributed by atoms with E-state index in [-0.39, 0.29) is 5.91 Å². The van der Waals surface area contributed by atoms with Crippen LogP contribution in [0.1, 0.15) is 43.0 Å². The lowest BCUT2D eigenvalue weighted by Gasteiger charge is -2.35. The molecule has 1 aromatic carbocycles. The second kappa shape index (κ2) is 6.33. The van der Waals surface area contributed by atoms with Crippen LogP contribution in [0.15, 0.2) is 29.2 Å². The van der Waals surface area contributed by atoms with E-state index in [1.54, 1.807) is 30.5 Å². The second-order valence-corrected chi connectivity index (χ2v) is 6.41. The predicted molar refractivity (Wildman–Crippen MR) is 77.7 cm³/mol. The summed E-state index contributed by atoms with van der Waals surface area (Å²) in [4.78, 5) is 15.3.